The van der Waals surface area contributed by atoms with Crippen LogP contribution in [0.2, 0.25) is 0 Å². The van der Waals surface area contributed by atoms with E-state index in [1.54, 1.807) is 12.1 Å². The Bertz CT molecular complexity index is 1080. The Morgan fingerprint density at radius 1 is 1.00 bits per heavy atom. The number of carbonyl (C=O) groups is 6. The summed E-state index contributed by atoms with van der Waals surface area (Å²) in [6.07, 6.45) is -1.04. The number of primary amides is 1. The molecular weight excluding hydrogens is 514 g/mol. The van der Waals surface area contributed by atoms with Crippen molar-refractivity contribution in [1.29, 1.82) is 0 Å². The minimum absolute atomic E-state index is 0.0345. The van der Waals surface area contributed by atoms with E-state index in [2.05, 4.69) is 21.3 Å². The molecule has 0 radical (unpaired) electrons. The van der Waals surface area contributed by atoms with Gasteiger partial charge in [-0.3, -0.25) is 28.8 Å². The van der Waals surface area contributed by atoms with Crippen molar-refractivity contribution < 1.29 is 39.0 Å². The maximum atomic E-state index is 12.9. The highest BCUT2D eigenvalue weighted by atomic mass is 16.3. The normalized spacial score (nSPS) is 18.8. The van der Waals surface area contributed by atoms with Gasteiger partial charge in [-0.15, -0.1) is 0 Å². The van der Waals surface area contributed by atoms with Gasteiger partial charge in [-0.2, -0.15) is 0 Å². The number of amides is 6. The molecule has 1 aliphatic rings. The molecule has 15 heteroatoms. The second kappa shape index (κ2) is 14.1. The van der Waals surface area contributed by atoms with Crippen molar-refractivity contribution in [2.24, 2.45) is 11.5 Å². The summed E-state index contributed by atoms with van der Waals surface area (Å²) in [6.45, 7) is 1.82. The molecule has 15 nitrogen and oxygen atoms in total. The zero-order valence-corrected chi connectivity index (χ0v) is 21.7. The molecule has 214 valence electrons. The highest BCUT2D eigenvalue weighted by Gasteiger charge is 2.39. The van der Waals surface area contributed by atoms with Crippen LogP contribution in [-0.2, 0) is 35.2 Å². The van der Waals surface area contributed by atoms with Crippen LogP contribution >= 0.6 is 0 Å². The Labute approximate surface area is 224 Å². The molecule has 6 amide bonds. The number of phenolic OH excluding ortho intramolecular Hbond substituents is 1. The number of hydrogen-bond acceptors (Lipinski definition) is 9. The van der Waals surface area contributed by atoms with E-state index in [9.17, 15) is 39.0 Å². The first-order valence-corrected chi connectivity index (χ1v) is 12.2. The minimum atomic E-state index is -1.12. The lowest BCUT2D eigenvalue weighted by Crippen LogP contribution is -2.56. The number of nitrogens with zero attached hydrogens (tertiary/aromatic N) is 1. The lowest BCUT2D eigenvalue weighted by Gasteiger charge is -2.26. The maximum absolute atomic E-state index is 12.9. The molecule has 2 rings (SSSR count). The lowest BCUT2D eigenvalue weighted by molar-refractivity contribution is -0.140. The molecule has 0 saturated carbocycles. The smallest absolute Gasteiger partial charge is 0.243 e. The largest absolute Gasteiger partial charge is 0.508 e. The molecule has 1 saturated heterocycles. The predicted molar refractivity (Wildman–Crippen MR) is 136 cm³/mol. The number of aliphatic hydroxyl groups is 1. The summed E-state index contributed by atoms with van der Waals surface area (Å²) in [4.78, 5) is 74.7. The maximum Gasteiger partial charge on any atom is 0.243 e. The second-order valence-electron chi connectivity index (χ2n) is 9.23. The van der Waals surface area contributed by atoms with Crippen LogP contribution < -0.4 is 32.7 Å². The minimum Gasteiger partial charge on any atom is -0.508 e. The topological polar surface area (TPSA) is 246 Å². The van der Waals surface area contributed by atoms with Crippen molar-refractivity contribution in [1.82, 2.24) is 26.2 Å². The number of hydrogen-bond donors (Lipinski definition) is 8. The van der Waals surface area contributed by atoms with Gasteiger partial charge in [-0.25, -0.2) is 0 Å². The van der Waals surface area contributed by atoms with E-state index in [0.717, 1.165) is 4.90 Å². The molecule has 5 atom stereocenters. The Morgan fingerprint density at radius 2 is 1.62 bits per heavy atom. The number of aliphatic hydroxyl groups excluding tert-OH is 1. The lowest BCUT2D eigenvalue weighted by atomic mass is 10.0. The van der Waals surface area contributed by atoms with Gasteiger partial charge in [-0.05, 0) is 31.5 Å². The second-order valence-corrected chi connectivity index (χ2v) is 9.23. The van der Waals surface area contributed by atoms with E-state index in [1.165, 1.54) is 26.0 Å². The summed E-state index contributed by atoms with van der Waals surface area (Å²) in [5, 5.41) is 29.1. The molecule has 0 aliphatic carbocycles. The molecule has 0 spiro atoms. The van der Waals surface area contributed by atoms with Gasteiger partial charge in [0.05, 0.1) is 19.2 Å². The number of benzene rings is 1. The highest BCUT2D eigenvalue weighted by molar-refractivity contribution is 5.95. The predicted octanol–water partition coefficient (Wildman–Crippen LogP) is -4.05. The third-order valence-corrected chi connectivity index (χ3v) is 6.06. The van der Waals surface area contributed by atoms with Crippen molar-refractivity contribution >= 4 is 35.4 Å². The van der Waals surface area contributed by atoms with E-state index >= 15 is 0 Å². The van der Waals surface area contributed by atoms with Crippen LogP contribution in [0.4, 0.5) is 0 Å². The number of phenols is 1. The van der Waals surface area contributed by atoms with Gasteiger partial charge < -0.3 is 47.8 Å². The van der Waals surface area contributed by atoms with Crippen LogP contribution in [0, 0.1) is 0 Å². The number of carbonyl (C=O) groups excluding carboxylic acids is 6. The van der Waals surface area contributed by atoms with E-state index in [-0.39, 0.29) is 31.7 Å². The fourth-order valence-corrected chi connectivity index (χ4v) is 3.88. The zero-order valence-electron chi connectivity index (χ0n) is 21.7. The summed E-state index contributed by atoms with van der Waals surface area (Å²) in [5.74, 6) is -4.04. The molecule has 10 N–H and O–H groups in total. The van der Waals surface area contributed by atoms with Gasteiger partial charge in [0.15, 0.2) is 0 Å². The van der Waals surface area contributed by atoms with Gasteiger partial charge in [0, 0.05) is 19.4 Å². The number of rotatable bonds is 12. The molecule has 0 aromatic heterocycles. The van der Waals surface area contributed by atoms with E-state index < -0.39 is 72.3 Å². The van der Waals surface area contributed by atoms with Crippen LogP contribution in [-0.4, -0.2) is 100 Å². The first-order chi connectivity index (χ1) is 18.3. The van der Waals surface area contributed by atoms with Gasteiger partial charge in [-0.1, -0.05) is 12.1 Å². The summed E-state index contributed by atoms with van der Waals surface area (Å²) in [7, 11) is 0. The first kappa shape index (κ1) is 31.0. The molecular formula is C24H35N7O8. The molecule has 1 heterocycles. The quantitative estimate of drug-likeness (QED) is 0.126. The highest BCUT2D eigenvalue weighted by Crippen LogP contribution is 2.18. The molecule has 39 heavy (non-hydrogen) atoms. The third-order valence-electron chi connectivity index (χ3n) is 6.06. The number of likely N-dealkylation sites (tertiary alicyclic amines) is 1. The summed E-state index contributed by atoms with van der Waals surface area (Å²) >= 11 is 0. The van der Waals surface area contributed by atoms with Crippen LogP contribution in [0.5, 0.6) is 5.75 Å². The molecule has 1 aromatic rings. The standard InChI is InChI=1S/C24H35N7O8/c1-12(28-19(34)9-25)22(37)27-10-20(35)31-11-16(33)8-18(31)24(39)29-13(2)23(38)30-17(21(26)36)7-14-3-5-15(32)6-4-14/h3-6,12-13,16-18,32-33H,7-11,25H2,1-2H3,(H2,26,36)(H,27,37)(H,28,34)(H,29,39)(H,30,38)/t12-,13-,16+,17-,18+/m0/s1. The molecule has 0 unspecified atom stereocenters. The Hall–Kier alpha value is -4.24. The van der Waals surface area contributed by atoms with Crippen LogP contribution in [0.3, 0.4) is 0 Å². The Morgan fingerprint density at radius 3 is 2.21 bits per heavy atom. The number of nitrogens with one attached hydrogen (secondary N) is 4. The van der Waals surface area contributed by atoms with Gasteiger partial charge in [0.1, 0.15) is 29.9 Å². The van der Waals surface area contributed by atoms with Crippen molar-refractivity contribution in [2.75, 3.05) is 19.6 Å². The van der Waals surface area contributed by atoms with E-state index in [4.69, 9.17) is 11.5 Å². The summed E-state index contributed by atoms with van der Waals surface area (Å²) < 4.78 is 0. The van der Waals surface area contributed by atoms with Crippen molar-refractivity contribution in [3.05, 3.63) is 29.8 Å². The Kier molecular flexibility index (Phi) is 11.2. The molecule has 1 aliphatic heterocycles. The van der Waals surface area contributed by atoms with Crippen LogP contribution in [0.1, 0.15) is 25.8 Å². The van der Waals surface area contributed by atoms with Crippen molar-refractivity contribution in [2.45, 2.75) is 57.0 Å². The average Bonchev–Trinajstić information content (AvgIpc) is 3.29. The first-order valence-electron chi connectivity index (χ1n) is 12.2. The van der Waals surface area contributed by atoms with E-state index in [1.807, 2.05) is 0 Å². The molecule has 1 fully saturated rings. The average molecular weight is 550 g/mol. The number of nitrogens with two attached hydrogens (primary N) is 2. The fraction of sp³-hybridized carbons (Fsp3) is 0.500. The fourth-order valence-electron chi connectivity index (χ4n) is 3.88. The monoisotopic (exact) mass is 549 g/mol. The number of aromatic hydroxyl groups is 1. The van der Waals surface area contributed by atoms with Crippen LogP contribution in [0.15, 0.2) is 24.3 Å². The van der Waals surface area contributed by atoms with Gasteiger partial charge >= 0.3 is 0 Å². The van der Waals surface area contributed by atoms with E-state index in [0.29, 0.717) is 5.56 Å². The van der Waals surface area contributed by atoms with Crippen LogP contribution in [0.25, 0.3) is 0 Å². The van der Waals surface area contributed by atoms with Gasteiger partial charge in [0.2, 0.25) is 35.4 Å². The van der Waals surface area contributed by atoms with Crippen molar-refractivity contribution in [3.63, 3.8) is 0 Å². The SMILES string of the molecule is C[C@H](NC(=O)CN)C(=O)NCC(=O)N1C[C@H](O)C[C@@H]1C(=O)N[C@@H](C)C(=O)N[C@@H](Cc1ccc(O)cc1)C(N)=O. The third kappa shape index (κ3) is 9.22. The zero-order chi connectivity index (χ0) is 29.3. The van der Waals surface area contributed by atoms with Crippen molar-refractivity contribution in [3.8, 4) is 5.75 Å². The number of β-amino-alcohol motifs (C(OH)–C–C–N with tert-alkyl or cyclic N) is 1. The Balaban J connectivity index is 1.94. The summed E-state index contributed by atoms with van der Waals surface area (Å²) in [6, 6.07) is 1.71. The summed E-state index contributed by atoms with van der Waals surface area (Å²) in [5.41, 5.74) is 11.2. The molecule has 0 bridgehead atoms. The molecule has 1 aromatic carbocycles. The van der Waals surface area contributed by atoms with Gasteiger partial charge in [0.25, 0.3) is 0 Å².